The van der Waals surface area contributed by atoms with Gasteiger partial charge in [0.15, 0.2) is 0 Å². The van der Waals surface area contributed by atoms with E-state index in [-0.39, 0.29) is 5.41 Å². The van der Waals surface area contributed by atoms with Gasteiger partial charge in [0, 0.05) is 44.3 Å². The highest BCUT2D eigenvalue weighted by molar-refractivity contribution is 6.17. The molecule has 0 saturated carbocycles. The predicted octanol–water partition coefficient (Wildman–Crippen LogP) is 3.22. The molecule has 0 radical (unpaired) electrons. The van der Waals surface area contributed by atoms with E-state index >= 15 is 0 Å². The second-order valence-corrected chi connectivity index (χ2v) is 6.34. The molecule has 0 aliphatic heterocycles. The standard InChI is InChI=1S/C16H27ClN2O2/c1-16(2,3)14-10-13(12-17)11-15(18-14)19(6-8-20-4)7-9-21-5/h10-11H,6-9,12H2,1-5H3. The minimum Gasteiger partial charge on any atom is -0.383 e. The quantitative estimate of drug-likeness (QED) is 0.690. The number of hydrogen-bond donors (Lipinski definition) is 0. The molecule has 0 aliphatic rings. The highest BCUT2D eigenvalue weighted by atomic mass is 35.5. The van der Waals surface area contributed by atoms with Crippen molar-refractivity contribution in [1.29, 1.82) is 0 Å². The maximum atomic E-state index is 6.04. The van der Waals surface area contributed by atoms with Gasteiger partial charge in [0.1, 0.15) is 5.82 Å². The van der Waals surface area contributed by atoms with Crippen LogP contribution in [0.4, 0.5) is 5.82 Å². The van der Waals surface area contributed by atoms with Crippen LogP contribution in [-0.2, 0) is 20.8 Å². The first kappa shape index (κ1) is 18.2. The molecule has 1 aromatic rings. The average molecular weight is 315 g/mol. The number of nitrogens with zero attached hydrogens (tertiary/aromatic N) is 2. The molecule has 120 valence electrons. The Morgan fingerprint density at radius 1 is 1.10 bits per heavy atom. The van der Waals surface area contributed by atoms with Gasteiger partial charge in [0.05, 0.1) is 13.2 Å². The van der Waals surface area contributed by atoms with Crippen LogP contribution in [0.3, 0.4) is 0 Å². The molecular formula is C16H27ClN2O2. The van der Waals surface area contributed by atoms with Crippen LogP contribution in [0.2, 0.25) is 0 Å². The number of methoxy groups -OCH3 is 2. The first-order valence-electron chi connectivity index (χ1n) is 7.22. The van der Waals surface area contributed by atoms with Gasteiger partial charge < -0.3 is 14.4 Å². The number of ether oxygens (including phenoxy) is 2. The molecule has 4 nitrogen and oxygen atoms in total. The summed E-state index contributed by atoms with van der Waals surface area (Å²) in [6, 6.07) is 4.13. The van der Waals surface area contributed by atoms with Crippen LogP contribution in [-0.4, -0.2) is 45.5 Å². The molecule has 0 saturated heterocycles. The third kappa shape index (κ3) is 5.81. The summed E-state index contributed by atoms with van der Waals surface area (Å²) >= 11 is 6.04. The Hall–Kier alpha value is -0.840. The fourth-order valence-corrected chi connectivity index (χ4v) is 2.09. The van der Waals surface area contributed by atoms with Gasteiger partial charge >= 0.3 is 0 Å². The largest absolute Gasteiger partial charge is 0.383 e. The number of hydrogen-bond acceptors (Lipinski definition) is 4. The SMILES string of the molecule is COCCN(CCOC)c1cc(CCl)cc(C(C)(C)C)n1. The lowest BCUT2D eigenvalue weighted by molar-refractivity contribution is 0.190. The van der Waals surface area contributed by atoms with Crippen LogP contribution < -0.4 is 4.90 Å². The third-order valence-electron chi connectivity index (χ3n) is 3.25. The van der Waals surface area contributed by atoms with Crippen LogP contribution in [0.25, 0.3) is 0 Å². The Kier molecular flexibility index (Phi) is 7.43. The van der Waals surface area contributed by atoms with Crippen molar-refractivity contribution >= 4 is 17.4 Å². The second kappa shape index (κ2) is 8.57. The lowest BCUT2D eigenvalue weighted by Gasteiger charge is -2.26. The molecule has 0 N–H and O–H groups in total. The Balaban J connectivity index is 3.09. The fourth-order valence-electron chi connectivity index (χ4n) is 1.94. The molecule has 0 unspecified atom stereocenters. The summed E-state index contributed by atoms with van der Waals surface area (Å²) < 4.78 is 10.4. The van der Waals surface area contributed by atoms with Crippen LogP contribution in [0.1, 0.15) is 32.0 Å². The maximum Gasteiger partial charge on any atom is 0.129 e. The van der Waals surface area contributed by atoms with Crippen molar-refractivity contribution in [2.24, 2.45) is 0 Å². The van der Waals surface area contributed by atoms with E-state index in [9.17, 15) is 0 Å². The van der Waals surface area contributed by atoms with E-state index in [0.29, 0.717) is 19.1 Å². The van der Waals surface area contributed by atoms with E-state index in [1.54, 1.807) is 14.2 Å². The zero-order chi connectivity index (χ0) is 15.9. The smallest absolute Gasteiger partial charge is 0.129 e. The fraction of sp³-hybridized carbons (Fsp3) is 0.688. The molecule has 1 aromatic heterocycles. The van der Waals surface area contributed by atoms with Gasteiger partial charge in [-0.1, -0.05) is 20.8 Å². The van der Waals surface area contributed by atoms with Crippen molar-refractivity contribution in [3.63, 3.8) is 0 Å². The Morgan fingerprint density at radius 2 is 1.67 bits per heavy atom. The van der Waals surface area contributed by atoms with Crippen LogP contribution in [0, 0.1) is 0 Å². The third-order valence-corrected chi connectivity index (χ3v) is 3.56. The van der Waals surface area contributed by atoms with Gasteiger partial charge in [-0.2, -0.15) is 0 Å². The van der Waals surface area contributed by atoms with E-state index in [2.05, 4.69) is 31.7 Å². The van der Waals surface area contributed by atoms with Crippen LogP contribution in [0.15, 0.2) is 12.1 Å². The summed E-state index contributed by atoms with van der Waals surface area (Å²) in [7, 11) is 3.41. The highest BCUT2D eigenvalue weighted by Crippen LogP contribution is 2.25. The van der Waals surface area contributed by atoms with Gasteiger partial charge in [-0.3, -0.25) is 0 Å². The summed E-state index contributed by atoms with van der Waals surface area (Å²) in [6.07, 6.45) is 0. The minimum atomic E-state index is -0.00893. The second-order valence-electron chi connectivity index (χ2n) is 6.08. The molecule has 0 amide bonds. The Bertz CT molecular complexity index is 425. The van der Waals surface area contributed by atoms with E-state index in [1.165, 1.54) is 0 Å². The van der Waals surface area contributed by atoms with Crippen molar-refractivity contribution in [1.82, 2.24) is 4.98 Å². The van der Waals surface area contributed by atoms with Crippen LogP contribution in [0.5, 0.6) is 0 Å². The van der Waals surface area contributed by atoms with Gasteiger partial charge in [0.2, 0.25) is 0 Å². The number of halogens is 1. The molecule has 0 aliphatic carbocycles. The molecule has 1 rings (SSSR count). The number of pyridine rings is 1. The molecule has 0 fully saturated rings. The van der Waals surface area contributed by atoms with Crippen molar-refractivity contribution in [2.75, 3.05) is 45.4 Å². The summed E-state index contributed by atoms with van der Waals surface area (Å²) in [5.41, 5.74) is 2.13. The molecule has 0 bridgehead atoms. The summed E-state index contributed by atoms with van der Waals surface area (Å²) in [6.45, 7) is 9.34. The summed E-state index contributed by atoms with van der Waals surface area (Å²) in [4.78, 5) is 6.99. The number of alkyl halides is 1. The van der Waals surface area contributed by atoms with Crippen LogP contribution >= 0.6 is 11.6 Å². The number of anilines is 1. The molecule has 5 heteroatoms. The Labute approximate surface area is 133 Å². The zero-order valence-corrected chi connectivity index (χ0v) is 14.5. The lowest BCUT2D eigenvalue weighted by atomic mass is 9.91. The molecule has 0 atom stereocenters. The van der Waals surface area contributed by atoms with Gasteiger partial charge in [-0.15, -0.1) is 11.6 Å². The highest BCUT2D eigenvalue weighted by Gasteiger charge is 2.19. The molecule has 0 aromatic carbocycles. The summed E-state index contributed by atoms with van der Waals surface area (Å²) in [5.74, 6) is 1.42. The summed E-state index contributed by atoms with van der Waals surface area (Å²) in [5, 5.41) is 0. The molecule has 1 heterocycles. The van der Waals surface area contributed by atoms with E-state index in [4.69, 9.17) is 26.1 Å². The Morgan fingerprint density at radius 3 is 2.10 bits per heavy atom. The normalized spacial score (nSPS) is 11.7. The first-order chi connectivity index (χ1) is 9.92. The van der Waals surface area contributed by atoms with Gasteiger partial charge in [-0.25, -0.2) is 4.98 Å². The van der Waals surface area contributed by atoms with Crippen molar-refractivity contribution < 1.29 is 9.47 Å². The topological polar surface area (TPSA) is 34.6 Å². The number of aromatic nitrogens is 1. The minimum absolute atomic E-state index is 0.00893. The predicted molar refractivity (Wildman–Crippen MR) is 88.5 cm³/mol. The maximum absolute atomic E-state index is 6.04. The van der Waals surface area contributed by atoms with E-state index in [1.807, 2.05) is 6.07 Å². The number of rotatable bonds is 8. The van der Waals surface area contributed by atoms with E-state index in [0.717, 1.165) is 30.2 Å². The van der Waals surface area contributed by atoms with Gasteiger partial charge in [-0.05, 0) is 17.7 Å². The van der Waals surface area contributed by atoms with E-state index < -0.39 is 0 Å². The van der Waals surface area contributed by atoms with Crippen molar-refractivity contribution in [3.05, 3.63) is 23.4 Å². The van der Waals surface area contributed by atoms with Crippen molar-refractivity contribution in [2.45, 2.75) is 32.1 Å². The lowest BCUT2D eigenvalue weighted by Crippen LogP contribution is -2.32. The molecular weight excluding hydrogens is 288 g/mol. The zero-order valence-electron chi connectivity index (χ0n) is 13.8. The molecule has 21 heavy (non-hydrogen) atoms. The first-order valence-corrected chi connectivity index (χ1v) is 7.76. The molecule has 0 spiro atoms. The van der Waals surface area contributed by atoms with Gasteiger partial charge in [0.25, 0.3) is 0 Å². The average Bonchev–Trinajstić information content (AvgIpc) is 2.46. The monoisotopic (exact) mass is 314 g/mol. The van der Waals surface area contributed by atoms with Crippen molar-refractivity contribution in [3.8, 4) is 0 Å².